The van der Waals surface area contributed by atoms with Gasteiger partial charge in [0.1, 0.15) is 5.15 Å². The Morgan fingerprint density at radius 3 is 2.58 bits per heavy atom. The summed E-state index contributed by atoms with van der Waals surface area (Å²) < 4.78 is 0. The van der Waals surface area contributed by atoms with Crippen molar-refractivity contribution in [3.05, 3.63) is 64.4 Å². The molecule has 19 heavy (non-hydrogen) atoms. The molecular weight excluding hydrogens is 262 g/mol. The van der Waals surface area contributed by atoms with Crippen LogP contribution in [0.3, 0.4) is 0 Å². The molecule has 0 saturated carbocycles. The normalized spacial score (nSPS) is 12.1. The van der Waals surface area contributed by atoms with E-state index in [9.17, 15) is 9.90 Å². The summed E-state index contributed by atoms with van der Waals surface area (Å²) in [6.07, 6.45) is 1.99. The Kier molecular flexibility index (Phi) is 4.17. The summed E-state index contributed by atoms with van der Waals surface area (Å²) in [6, 6.07) is 11.0. The average Bonchev–Trinajstić information content (AvgIpc) is 2.37. The molecule has 0 bridgehead atoms. The monoisotopic (exact) mass is 275 g/mol. The molecule has 0 aliphatic carbocycles. The van der Waals surface area contributed by atoms with Gasteiger partial charge in [-0.1, -0.05) is 41.4 Å². The second kappa shape index (κ2) is 5.85. The smallest absolute Gasteiger partial charge is 0.311 e. The molecule has 2 aromatic rings. The van der Waals surface area contributed by atoms with Crippen molar-refractivity contribution in [2.24, 2.45) is 0 Å². The molecule has 0 aliphatic rings. The first-order valence-electron chi connectivity index (χ1n) is 5.96. The third-order valence-corrected chi connectivity index (χ3v) is 3.22. The van der Waals surface area contributed by atoms with Crippen molar-refractivity contribution in [1.82, 2.24) is 4.98 Å². The van der Waals surface area contributed by atoms with Crippen molar-refractivity contribution < 1.29 is 9.90 Å². The van der Waals surface area contributed by atoms with E-state index in [4.69, 9.17) is 11.6 Å². The van der Waals surface area contributed by atoms with E-state index in [-0.39, 0.29) is 0 Å². The molecule has 1 unspecified atom stereocenters. The predicted molar refractivity (Wildman–Crippen MR) is 74.5 cm³/mol. The van der Waals surface area contributed by atoms with Gasteiger partial charge in [0, 0.05) is 6.20 Å². The number of carbonyl (C=O) groups is 1. The molecule has 1 N–H and O–H groups in total. The number of pyridine rings is 1. The van der Waals surface area contributed by atoms with Crippen LogP contribution >= 0.6 is 11.6 Å². The van der Waals surface area contributed by atoms with E-state index in [1.54, 1.807) is 18.3 Å². The lowest BCUT2D eigenvalue weighted by Gasteiger charge is -2.13. The molecule has 0 aliphatic heterocycles. The van der Waals surface area contributed by atoms with Crippen LogP contribution < -0.4 is 0 Å². The van der Waals surface area contributed by atoms with E-state index >= 15 is 0 Å². The van der Waals surface area contributed by atoms with Crippen LogP contribution in [0.5, 0.6) is 0 Å². The maximum atomic E-state index is 11.4. The summed E-state index contributed by atoms with van der Waals surface area (Å²) in [4.78, 5) is 15.3. The van der Waals surface area contributed by atoms with Gasteiger partial charge in [-0.15, -0.1) is 0 Å². The molecule has 0 saturated heterocycles. The summed E-state index contributed by atoms with van der Waals surface area (Å²) in [5, 5.41) is 9.76. The van der Waals surface area contributed by atoms with Gasteiger partial charge in [0.2, 0.25) is 0 Å². The van der Waals surface area contributed by atoms with E-state index in [0.717, 1.165) is 16.7 Å². The van der Waals surface area contributed by atoms with Gasteiger partial charge in [-0.3, -0.25) is 4.79 Å². The molecule has 1 aromatic carbocycles. The SMILES string of the molecule is Cc1ccc(C(Cc2ccnc(Cl)c2)C(=O)O)cc1. The van der Waals surface area contributed by atoms with Gasteiger partial charge < -0.3 is 5.11 Å². The first-order chi connectivity index (χ1) is 9.06. The Labute approximate surface area is 116 Å². The first-order valence-corrected chi connectivity index (χ1v) is 6.34. The maximum absolute atomic E-state index is 11.4. The lowest BCUT2D eigenvalue weighted by molar-refractivity contribution is -0.138. The number of hydrogen-bond acceptors (Lipinski definition) is 2. The van der Waals surface area contributed by atoms with Crippen molar-refractivity contribution in [1.29, 1.82) is 0 Å². The number of aliphatic carboxylic acids is 1. The Morgan fingerprint density at radius 2 is 2.00 bits per heavy atom. The minimum atomic E-state index is -0.836. The zero-order valence-electron chi connectivity index (χ0n) is 10.5. The van der Waals surface area contributed by atoms with Crippen molar-refractivity contribution in [3.63, 3.8) is 0 Å². The Hall–Kier alpha value is -1.87. The van der Waals surface area contributed by atoms with Gasteiger partial charge in [-0.05, 0) is 36.6 Å². The molecular formula is C15H14ClNO2. The van der Waals surface area contributed by atoms with Crippen LogP contribution in [0.15, 0.2) is 42.6 Å². The largest absolute Gasteiger partial charge is 0.481 e. The van der Waals surface area contributed by atoms with Gasteiger partial charge in [-0.2, -0.15) is 0 Å². The second-order valence-electron chi connectivity index (χ2n) is 4.49. The Bertz CT molecular complexity index is 581. The average molecular weight is 276 g/mol. The quantitative estimate of drug-likeness (QED) is 0.870. The third-order valence-electron chi connectivity index (χ3n) is 3.01. The van der Waals surface area contributed by atoms with E-state index in [1.807, 2.05) is 31.2 Å². The highest BCUT2D eigenvalue weighted by Crippen LogP contribution is 2.22. The summed E-state index contributed by atoms with van der Waals surface area (Å²) in [5.74, 6) is -1.41. The van der Waals surface area contributed by atoms with Crippen LogP contribution in [0.1, 0.15) is 22.6 Å². The molecule has 0 fully saturated rings. The fraction of sp³-hybridized carbons (Fsp3) is 0.200. The number of aromatic nitrogens is 1. The van der Waals surface area contributed by atoms with Crippen LogP contribution in [0.4, 0.5) is 0 Å². The van der Waals surface area contributed by atoms with E-state index in [0.29, 0.717) is 11.6 Å². The van der Waals surface area contributed by atoms with E-state index in [2.05, 4.69) is 4.98 Å². The van der Waals surface area contributed by atoms with Gasteiger partial charge in [0.25, 0.3) is 0 Å². The minimum Gasteiger partial charge on any atom is -0.481 e. The molecule has 4 heteroatoms. The first kappa shape index (κ1) is 13.6. The Balaban J connectivity index is 2.26. The van der Waals surface area contributed by atoms with E-state index in [1.165, 1.54) is 0 Å². The number of hydrogen-bond donors (Lipinski definition) is 1. The lowest BCUT2D eigenvalue weighted by atomic mass is 9.92. The molecule has 0 radical (unpaired) electrons. The number of carboxylic acids is 1. The summed E-state index contributed by atoms with van der Waals surface area (Å²) >= 11 is 5.82. The van der Waals surface area contributed by atoms with Crippen LogP contribution in [0.25, 0.3) is 0 Å². The molecule has 0 amide bonds. The zero-order chi connectivity index (χ0) is 13.8. The highest BCUT2D eigenvalue weighted by atomic mass is 35.5. The van der Waals surface area contributed by atoms with Crippen LogP contribution in [0, 0.1) is 6.92 Å². The van der Waals surface area contributed by atoms with Crippen LogP contribution in [-0.4, -0.2) is 16.1 Å². The van der Waals surface area contributed by atoms with Gasteiger partial charge in [-0.25, -0.2) is 4.98 Å². The molecule has 1 atom stereocenters. The second-order valence-corrected chi connectivity index (χ2v) is 4.88. The van der Waals surface area contributed by atoms with Gasteiger partial charge >= 0.3 is 5.97 Å². The lowest BCUT2D eigenvalue weighted by Crippen LogP contribution is -2.14. The highest BCUT2D eigenvalue weighted by molar-refractivity contribution is 6.29. The molecule has 0 spiro atoms. The van der Waals surface area contributed by atoms with Crippen LogP contribution in [0.2, 0.25) is 5.15 Å². The maximum Gasteiger partial charge on any atom is 0.311 e. The number of carboxylic acid groups (broad SMARTS) is 1. The summed E-state index contributed by atoms with van der Waals surface area (Å²) in [6.45, 7) is 1.97. The molecule has 1 heterocycles. The van der Waals surface area contributed by atoms with Crippen molar-refractivity contribution in [3.8, 4) is 0 Å². The number of rotatable bonds is 4. The number of benzene rings is 1. The summed E-state index contributed by atoms with van der Waals surface area (Å²) in [7, 11) is 0. The fourth-order valence-corrected chi connectivity index (χ4v) is 2.15. The molecule has 1 aromatic heterocycles. The molecule has 2 rings (SSSR count). The van der Waals surface area contributed by atoms with E-state index < -0.39 is 11.9 Å². The topological polar surface area (TPSA) is 50.2 Å². The zero-order valence-corrected chi connectivity index (χ0v) is 11.3. The number of halogens is 1. The Morgan fingerprint density at radius 1 is 1.32 bits per heavy atom. The summed E-state index contributed by atoms with van der Waals surface area (Å²) in [5.41, 5.74) is 2.78. The van der Waals surface area contributed by atoms with Crippen LogP contribution in [-0.2, 0) is 11.2 Å². The predicted octanol–water partition coefficient (Wildman–Crippen LogP) is 3.45. The molecule has 3 nitrogen and oxygen atoms in total. The fourth-order valence-electron chi connectivity index (χ4n) is 1.95. The number of nitrogens with zero attached hydrogens (tertiary/aromatic N) is 1. The van der Waals surface area contributed by atoms with Gasteiger partial charge in [0.15, 0.2) is 0 Å². The van der Waals surface area contributed by atoms with Gasteiger partial charge in [0.05, 0.1) is 5.92 Å². The highest BCUT2D eigenvalue weighted by Gasteiger charge is 2.20. The molecule has 98 valence electrons. The van der Waals surface area contributed by atoms with Crippen molar-refractivity contribution in [2.75, 3.05) is 0 Å². The third kappa shape index (κ3) is 3.55. The standard InChI is InChI=1S/C15H14ClNO2/c1-10-2-4-12(5-3-10)13(15(18)19)8-11-6-7-17-14(16)9-11/h2-7,9,13H,8H2,1H3,(H,18,19). The minimum absolute atomic E-state index is 0.380. The van der Waals surface area contributed by atoms with Crippen molar-refractivity contribution in [2.45, 2.75) is 19.3 Å². The van der Waals surface area contributed by atoms with Crippen molar-refractivity contribution >= 4 is 17.6 Å². The number of aryl methyl sites for hydroxylation is 1.